The average molecular weight is 488 g/mol. The molecule has 0 aliphatic carbocycles. The first-order valence-corrected chi connectivity index (χ1v) is 10.8. The highest BCUT2D eigenvalue weighted by molar-refractivity contribution is 5.91. The molecule has 5 rings (SSSR count). The molecule has 3 aromatic rings. The second-order valence-corrected chi connectivity index (χ2v) is 8.52. The van der Waals surface area contributed by atoms with Crippen molar-refractivity contribution in [1.82, 2.24) is 24.6 Å². The Hall–Kier alpha value is -4.07. The summed E-state index contributed by atoms with van der Waals surface area (Å²) in [5.74, 6) is -1.68. The number of hydrogen-bond donors (Lipinski definition) is 3. The van der Waals surface area contributed by atoms with E-state index in [1.807, 2.05) is 0 Å². The van der Waals surface area contributed by atoms with E-state index in [1.54, 1.807) is 31.2 Å². The first-order chi connectivity index (χ1) is 16.6. The van der Waals surface area contributed by atoms with Gasteiger partial charge in [0.05, 0.1) is 31.7 Å². The lowest BCUT2D eigenvalue weighted by atomic mass is 10.1. The summed E-state index contributed by atoms with van der Waals surface area (Å²) in [6, 6.07) is 6.40. The second-order valence-electron chi connectivity index (χ2n) is 8.52. The standard InChI is InChI=1S/C21H22F2N8O4/c1-11-6-12(28-35-11)8-31-19(33)16-17(27-18(16)29(2)20(31)34)24-7-15(32)26-13-4-3-5-14(25-13)30-9-21(22,23)10-30/h3-6,17,24,27H,7-10H2,1-2H3,(H,25,26,32)/t17-/m0/s1. The lowest BCUT2D eigenvalue weighted by molar-refractivity contribution is -0.115. The van der Waals surface area contributed by atoms with Crippen LogP contribution >= 0.6 is 0 Å². The van der Waals surface area contributed by atoms with Crippen LogP contribution in [0.15, 0.2) is 38.4 Å². The predicted molar refractivity (Wildman–Crippen MR) is 121 cm³/mol. The molecule has 5 heterocycles. The van der Waals surface area contributed by atoms with E-state index in [0.29, 0.717) is 28.7 Å². The Morgan fingerprint density at radius 2 is 2.09 bits per heavy atom. The highest BCUT2D eigenvalue weighted by atomic mass is 19.3. The van der Waals surface area contributed by atoms with Gasteiger partial charge in [-0.2, -0.15) is 0 Å². The third-order valence-corrected chi connectivity index (χ3v) is 5.79. The molecule has 14 heteroatoms. The number of amides is 1. The zero-order valence-corrected chi connectivity index (χ0v) is 18.8. The van der Waals surface area contributed by atoms with Crippen molar-refractivity contribution >= 4 is 23.4 Å². The smallest absolute Gasteiger partial charge is 0.332 e. The number of carbonyl (C=O) groups excluding carboxylic acids is 1. The van der Waals surface area contributed by atoms with Crippen LogP contribution in [0.3, 0.4) is 0 Å². The van der Waals surface area contributed by atoms with Gasteiger partial charge in [0.15, 0.2) is 0 Å². The van der Waals surface area contributed by atoms with Crippen LogP contribution in [0.5, 0.6) is 0 Å². The summed E-state index contributed by atoms with van der Waals surface area (Å²) in [6.45, 7) is 0.660. The molecular formula is C21H22F2N8O4. The average Bonchev–Trinajstić information content (AvgIpc) is 3.18. The molecule has 1 amide bonds. The summed E-state index contributed by atoms with van der Waals surface area (Å²) in [4.78, 5) is 43.6. The normalized spacial score (nSPS) is 17.7. The maximum atomic E-state index is 13.1. The SMILES string of the molecule is Cc1cc(Cn2c(=O)c3c(n(C)c2=O)N[C@@H]3NCC(=O)Nc2cccc(N3CC(F)(F)C3)n2)no1. The van der Waals surface area contributed by atoms with E-state index in [1.165, 1.54) is 16.5 Å². The molecule has 0 saturated carbocycles. The quantitative estimate of drug-likeness (QED) is 0.431. The molecule has 184 valence electrons. The molecule has 1 saturated heterocycles. The molecule has 0 radical (unpaired) electrons. The van der Waals surface area contributed by atoms with E-state index in [4.69, 9.17) is 4.52 Å². The Morgan fingerprint density at radius 3 is 2.77 bits per heavy atom. The van der Waals surface area contributed by atoms with Crippen molar-refractivity contribution in [3.05, 3.63) is 62.1 Å². The second kappa shape index (κ2) is 8.30. The summed E-state index contributed by atoms with van der Waals surface area (Å²) < 4.78 is 33.6. The maximum Gasteiger partial charge on any atom is 0.332 e. The van der Waals surface area contributed by atoms with Gasteiger partial charge in [0.1, 0.15) is 35.1 Å². The highest BCUT2D eigenvalue weighted by Crippen LogP contribution is 2.31. The van der Waals surface area contributed by atoms with Gasteiger partial charge in [-0.05, 0) is 19.1 Å². The van der Waals surface area contributed by atoms with Crippen molar-refractivity contribution in [3.63, 3.8) is 0 Å². The van der Waals surface area contributed by atoms with Crippen LogP contribution in [0.25, 0.3) is 0 Å². The van der Waals surface area contributed by atoms with E-state index in [0.717, 1.165) is 4.57 Å². The van der Waals surface area contributed by atoms with E-state index < -0.39 is 42.3 Å². The lowest BCUT2D eigenvalue weighted by Gasteiger charge is -2.39. The number of alkyl halides is 2. The van der Waals surface area contributed by atoms with E-state index in [-0.39, 0.29) is 18.9 Å². The van der Waals surface area contributed by atoms with Gasteiger partial charge in [-0.15, -0.1) is 0 Å². The number of fused-ring (bicyclic) bond motifs is 1. The maximum absolute atomic E-state index is 13.1. The van der Waals surface area contributed by atoms with Crippen molar-refractivity contribution in [3.8, 4) is 0 Å². The molecule has 3 aromatic heterocycles. The predicted octanol–water partition coefficient (Wildman–Crippen LogP) is 0.394. The first kappa shape index (κ1) is 22.7. The zero-order chi connectivity index (χ0) is 24.9. The van der Waals surface area contributed by atoms with Crippen molar-refractivity contribution in [2.24, 2.45) is 7.05 Å². The minimum atomic E-state index is -2.73. The van der Waals surface area contributed by atoms with Crippen molar-refractivity contribution in [2.45, 2.75) is 25.6 Å². The van der Waals surface area contributed by atoms with Crippen molar-refractivity contribution < 1.29 is 18.1 Å². The minimum absolute atomic E-state index is 0.0473. The first-order valence-electron chi connectivity index (χ1n) is 10.8. The molecule has 0 aromatic carbocycles. The number of pyridine rings is 1. The van der Waals surface area contributed by atoms with E-state index in [2.05, 4.69) is 26.1 Å². The third kappa shape index (κ3) is 4.27. The van der Waals surface area contributed by atoms with Crippen LogP contribution in [-0.4, -0.2) is 50.7 Å². The molecule has 12 nitrogen and oxygen atoms in total. The van der Waals surface area contributed by atoms with Crippen LogP contribution in [-0.2, 0) is 18.4 Å². The Labute approximate surface area is 196 Å². The molecule has 1 fully saturated rings. The van der Waals surface area contributed by atoms with E-state index >= 15 is 0 Å². The number of hydrogen-bond acceptors (Lipinski definition) is 9. The summed E-state index contributed by atoms with van der Waals surface area (Å²) in [5, 5.41) is 12.3. The molecule has 3 N–H and O–H groups in total. The number of anilines is 3. The van der Waals surface area contributed by atoms with Gasteiger partial charge in [-0.1, -0.05) is 11.2 Å². The van der Waals surface area contributed by atoms with Crippen LogP contribution in [0.1, 0.15) is 23.2 Å². The lowest BCUT2D eigenvalue weighted by Crippen LogP contribution is -2.56. The molecule has 0 bridgehead atoms. The van der Waals surface area contributed by atoms with Crippen LogP contribution in [0.2, 0.25) is 0 Å². The fourth-order valence-corrected chi connectivity index (χ4v) is 4.03. The molecule has 2 aliphatic heterocycles. The minimum Gasteiger partial charge on any atom is -0.361 e. The van der Waals surface area contributed by atoms with Gasteiger partial charge in [0.25, 0.3) is 11.5 Å². The van der Waals surface area contributed by atoms with Crippen molar-refractivity contribution in [1.29, 1.82) is 0 Å². The van der Waals surface area contributed by atoms with E-state index in [9.17, 15) is 23.2 Å². The summed E-state index contributed by atoms with van der Waals surface area (Å²) in [7, 11) is 1.54. The monoisotopic (exact) mass is 488 g/mol. The zero-order valence-electron chi connectivity index (χ0n) is 18.8. The fourth-order valence-electron chi connectivity index (χ4n) is 4.03. The largest absolute Gasteiger partial charge is 0.361 e. The molecule has 2 aliphatic rings. The topological polar surface area (TPSA) is 139 Å². The Kier molecular flexibility index (Phi) is 5.39. The number of nitrogens with zero attached hydrogens (tertiary/aromatic N) is 5. The summed E-state index contributed by atoms with van der Waals surface area (Å²) in [5.41, 5.74) is -0.251. The van der Waals surface area contributed by atoms with Crippen LogP contribution < -0.4 is 32.1 Å². The van der Waals surface area contributed by atoms with Gasteiger partial charge in [-0.25, -0.2) is 18.6 Å². The third-order valence-electron chi connectivity index (χ3n) is 5.79. The molecular weight excluding hydrogens is 466 g/mol. The van der Waals surface area contributed by atoms with Gasteiger partial charge in [0, 0.05) is 13.1 Å². The number of halogens is 2. The number of nitrogens with one attached hydrogen (secondary N) is 3. The van der Waals surface area contributed by atoms with Gasteiger partial charge >= 0.3 is 5.69 Å². The molecule has 1 atom stereocenters. The number of aryl methyl sites for hydroxylation is 1. The van der Waals surface area contributed by atoms with Gasteiger partial charge in [0.2, 0.25) is 5.91 Å². The molecule has 0 spiro atoms. The number of carbonyl (C=O) groups is 1. The Morgan fingerprint density at radius 1 is 1.31 bits per heavy atom. The van der Waals surface area contributed by atoms with Crippen LogP contribution in [0.4, 0.5) is 26.2 Å². The fraction of sp³-hybridized carbons (Fsp3) is 0.381. The van der Waals surface area contributed by atoms with Gasteiger partial charge < -0.3 is 20.1 Å². The molecule has 35 heavy (non-hydrogen) atoms. The Balaban J connectivity index is 1.24. The number of rotatable bonds is 7. The summed E-state index contributed by atoms with van der Waals surface area (Å²) >= 11 is 0. The van der Waals surface area contributed by atoms with Crippen molar-refractivity contribution in [2.75, 3.05) is 35.2 Å². The van der Waals surface area contributed by atoms with Gasteiger partial charge in [-0.3, -0.25) is 24.0 Å². The Bertz CT molecular complexity index is 1420. The highest BCUT2D eigenvalue weighted by Gasteiger charge is 2.44. The van der Waals surface area contributed by atoms with Crippen LogP contribution in [0, 0.1) is 6.92 Å². The summed E-state index contributed by atoms with van der Waals surface area (Å²) in [6.07, 6.45) is -0.650. The molecule has 0 unspecified atom stereocenters. The number of aromatic nitrogens is 4.